The van der Waals surface area contributed by atoms with Crippen LogP contribution in [0.25, 0.3) is 0 Å². The maximum Gasteiger partial charge on any atom is 0.328 e. The first-order valence-electron chi connectivity index (χ1n) is 5.37. The zero-order chi connectivity index (χ0) is 12.1. The lowest BCUT2D eigenvalue weighted by Gasteiger charge is -2.35. The molecule has 5 heteroatoms. The third-order valence-electron chi connectivity index (χ3n) is 2.81. The Bertz CT molecular complexity index is 300. The second-order valence-electron chi connectivity index (χ2n) is 4.22. The van der Waals surface area contributed by atoms with Gasteiger partial charge in [-0.15, -0.1) is 0 Å². The molecule has 16 heavy (non-hydrogen) atoms. The van der Waals surface area contributed by atoms with Gasteiger partial charge in [-0.1, -0.05) is 0 Å². The third-order valence-corrected chi connectivity index (χ3v) is 2.81. The van der Waals surface area contributed by atoms with E-state index >= 15 is 0 Å². The number of likely N-dealkylation sites (N-methyl/N-ethyl adjacent to an activating group) is 1. The van der Waals surface area contributed by atoms with Crippen molar-refractivity contribution in [2.24, 2.45) is 0 Å². The molecule has 0 aliphatic carbocycles. The highest BCUT2D eigenvalue weighted by atomic mass is 16.4. The van der Waals surface area contributed by atoms with Gasteiger partial charge in [0.1, 0.15) is 0 Å². The summed E-state index contributed by atoms with van der Waals surface area (Å²) in [5.41, 5.74) is 0. The van der Waals surface area contributed by atoms with Crippen LogP contribution in [0.2, 0.25) is 0 Å². The summed E-state index contributed by atoms with van der Waals surface area (Å²) in [5.74, 6) is -1.30. The van der Waals surface area contributed by atoms with Gasteiger partial charge in [0.25, 0.3) is 0 Å². The summed E-state index contributed by atoms with van der Waals surface area (Å²) in [6, 6.07) is 0.371. The first-order valence-corrected chi connectivity index (χ1v) is 5.37. The van der Waals surface area contributed by atoms with E-state index < -0.39 is 5.97 Å². The number of rotatable bonds is 3. The van der Waals surface area contributed by atoms with E-state index in [0.29, 0.717) is 19.1 Å². The van der Waals surface area contributed by atoms with E-state index in [-0.39, 0.29) is 5.91 Å². The van der Waals surface area contributed by atoms with Gasteiger partial charge in [-0.3, -0.25) is 4.79 Å². The first kappa shape index (κ1) is 12.7. The van der Waals surface area contributed by atoms with E-state index in [1.54, 1.807) is 4.90 Å². The molecule has 1 N–H and O–H groups in total. The zero-order valence-corrected chi connectivity index (χ0v) is 9.72. The molecule has 1 fully saturated rings. The van der Waals surface area contributed by atoms with Crippen molar-refractivity contribution in [1.29, 1.82) is 0 Å². The molecule has 1 heterocycles. The van der Waals surface area contributed by atoms with Crippen LogP contribution in [-0.2, 0) is 9.59 Å². The Labute approximate surface area is 95.3 Å². The van der Waals surface area contributed by atoms with Crippen molar-refractivity contribution >= 4 is 11.9 Å². The van der Waals surface area contributed by atoms with Gasteiger partial charge in [-0.25, -0.2) is 4.79 Å². The van der Waals surface area contributed by atoms with E-state index in [0.717, 1.165) is 25.0 Å². The van der Waals surface area contributed by atoms with Crippen LogP contribution in [0.15, 0.2) is 12.2 Å². The van der Waals surface area contributed by atoms with E-state index in [1.165, 1.54) is 0 Å². The summed E-state index contributed by atoms with van der Waals surface area (Å²) in [5, 5.41) is 8.44. The summed E-state index contributed by atoms with van der Waals surface area (Å²) in [6.45, 7) is 1.39. The molecule has 0 radical (unpaired) electrons. The Morgan fingerprint density at radius 1 is 1.38 bits per heavy atom. The number of hydrogen-bond donors (Lipinski definition) is 1. The van der Waals surface area contributed by atoms with Gasteiger partial charge in [-0.2, -0.15) is 0 Å². The van der Waals surface area contributed by atoms with Crippen LogP contribution in [-0.4, -0.2) is 60.0 Å². The van der Waals surface area contributed by atoms with Gasteiger partial charge in [0.2, 0.25) is 5.91 Å². The highest BCUT2D eigenvalue weighted by molar-refractivity contribution is 5.93. The van der Waals surface area contributed by atoms with Crippen LogP contribution in [0, 0.1) is 0 Å². The molecule has 0 aromatic carbocycles. The minimum atomic E-state index is -1.09. The lowest BCUT2D eigenvalue weighted by Crippen LogP contribution is -2.47. The van der Waals surface area contributed by atoms with Crippen molar-refractivity contribution in [3.05, 3.63) is 12.2 Å². The number of nitrogens with zero attached hydrogens (tertiary/aromatic N) is 2. The van der Waals surface area contributed by atoms with Crippen LogP contribution >= 0.6 is 0 Å². The Morgan fingerprint density at radius 3 is 2.62 bits per heavy atom. The van der Waals surface area contributed by atoms with Crippen molar-refractivity contribution in [3.63, 3.8) is 0 Å². The number of piperidine rings is 1. The second kappa shape index (κ2) is 5.65. The van der Waals surface area contributed by atoms with Gasteiger partial charge >= 0.3 is 5.97 Å². The van der Waals surface area contributed by atoms with Crippen molar-refractivity contribution in [3.8, 4) is 0 Å². The molecule has 0 saturated carbocycles. The Kier molecular flexibility index (Phi) is 4.49. The van der Waals surface area contributed by atoms with E-state index in [2.05, 4.69) is 4.90 Å². The molecular formula is C11H18N2O3. The molecule has 1 rings (SSSR count). The number of carbonyl (C=O) groups excluding carboxylic acids is 1. The molecule has 1 saturated heterocycles. The Morgan fingerprint density at radius 2 is 2.06 bits per heavy atom. The van der Waals surface area contributed by atoms with E-state index in [1.807, 2.05) is 14.1 Å². The SMILES string of the molecule is CN(C)C1CCCN(C(=O)C=CC(=O)O)C1. The van der Waals surface area contributed by atoms with Crippen molar-refractivity contribution in [2.45, 2.75) is 18.9 Å². The number of likely N-dealkylation sites (tertiary alicyclic amines) is 1. The molecule has 1 unspecified atom stereocenters. The zero-order valence-electron chi connectivity index (χ0n) is 9.72. The Hall–Kier alpha value is -1.36. The minimum absolute atomic E-state index is 0.214. The predicted octanol–water partition coefficient (Wildman–Crippen LogP) is 0.180. The van der Waals surface area contributed by atoms with Crippen LogP contribution in [0.1, 0.15) is 12.8 Å². The number of hydrogen-bond acceptors (Lipinski definition) is 3. The summed E-state index contributed by atoms with van der Waals surface area (Å²) in [4.78, 5) is 25.7. The van der Waals surface area contributed by atoms with Gasteiger partial charge in [0, 0.05) is 31.3 Å². The van der Waals surface area contributed by atoms with Crippen LogP contribution in [0.4, 0.5) is 0 Å². The predicted molar refractivity (Wildman–Crippen MR) is 60.1 cm³/mol. The molecule has 0 bridgehead atoms. The topological polar surface area (TPSA) is 60.9 Å². The van der Waals surface area contributed by atoms with Crippen LogP contribution < -0.4 is 0 Å². The largest absolute Gasteiger partial charge is 0.478 e. The summed E-state index contributed by atoms with van der Waals surface area (Å²) < 4.78 is 0. The number of carboxylic acid groups (broad SMARTS) is 1. The molecule has 5 nitrogen and oxygen atoms in total. The molecule has 1 atom stereocenters. The van der Waals surface area contributed by atoms with Crippen LogP contribution in [0.3, 0.4) is 0 Å². The molecule has 1 aliphatic heterocycles. The number of amides is 1. The van der Waals surface area contributed by atoms with E-state index in [9.17, 15) is 9.59 Å². The summed E-state index contributed by atoms with van der Waals surface area (Å²) in [7, 11) is 3.98. The number of aliphatic carboxylic acids is 1. The number of carbonyl (C=O) groups is 2. The van der Waals surface area contributed by atoms with Crippen LogP contribution in [0.5, 0.6) is 0 Å². The lowest BCUT2D eigenvalue weighted by molar-refractivity contribution is -0.132. The molecule has 0 spiro atoms. The van der Waals surface area contributed by atoms with Gasteiger partial charge in [-0.05, 0) is 26.9 Å². The Balaban J connectivity index is 2.53. The maximum absolute atomic E-state index is 11.6. The van der Waals surface area contributed by atoms with Gasteiger partial charge in [0.15, 0.2) is 0 Å². The smallest absolute Gasteiger partial charge is 0.328 e. The van der Waals surface area contributed by atoms with Crippen molar-refractivity contribution in [2.75, 3.05) is 27.2 Å². The quantitative estimate of drug-likeness (QED) is 0.697. The summed E-state index contributed by atoms with van der Waals surface area (Å²) in [6.07, 6.45) is 4.07. The van der Waals surface area contributed by atoms with E-state index in [4.69, 9.17) is 5.11 Å². The lowest BCUT2D eigenvalue weighted by atomic mass is 10.0. The maximum atomic E-state index is 11.6. The highest BCUT2D eigenvalue weighted by Gasteiger charge is 2.23. The summed E-state index contributed by atoms with van der Waals surface area (Å²) >= 11 is 0. The molecule has 0 aromatic rings. The van der Waals surface area contributed by atoms with Gasteiger partial charge < -0.3 is 14.9 Å². The fraction of sp³-hybridized carbons (Fsp3) is 0.636. The minimum Gasteiger partial charge on any atom is -0.478 e. The third kappa shape index (κ3) is 3.66. The average molecular weight is 226 g/mol. The monoisotopic (exact) mass is 226 g/mol. The molecule has 1 aliphatic rings. The number of carboxylic acids is 1. The fourth-order valence-electron chi connectivity index (χ4n) is 1.82. The van der Waals surface area contributed by atoms with Gasteiger partial charge in [0.05, 0.1) is 0 Å². The molecular weight excluding hydrogens is 208 g/mol. The van der Waals surface area contributed by atoms with Crippen molar-refractivity contribution < 1.29 is 14.7 Å². The second-order valence-corrected chi connectivity index (χ2v) is 4.22. The standard InChI is InChI=1S/C11H18N2O3/c1-12(2)9-4-3-7-13(8-9)10(14)5-6-11(15)16/h5-6,9H,3-4,7-8H2,1-2H3,(H,15,16). The average Bonchev–Trinajstić information content (AvgIpc) is 2.26. The molecule has 90 valence electrons. The highest BCUT2D eigenvalue weighted by Crippen LogP contribution is 2.13. The molecule has 0 aromatic heterocycles. The fourth-order valence-corrected chi connectivity index (χ4v) is 1.82. The first-order chi connectivity index (χ1) is 7.50. The van der Waals surface area contributed by atoms with Crippen molar-refractivity contribution in [1.82, 2.24) is 9.80 Å². The molecule has 1 amide bonds. The normalized spacial score (nSPS) is 21.7.